The molecule has 0 aromatic heterocycles. The Kier molecular flexibility index (Phi) is 4.52. The highest BCUT2D eigenvalue weighted by atomic mass is 79.9. The maximum atomic E-state index is 10.4. The molecule has 0 heterocycles. The zero-order valence-electron chi connectivity index (χ0n) is 8.06. The van der Waals surface area contributed by atoms with Gasteiger partial charge in [-0.2, -0.15) is 0 Å². The van der Waals surface area contributed by atoms with Gasteiger partial charge in [0.15, 0.2) is 0 Å². The van der Waals surface area contributed by atoms with Crippen LogP contribution < -0.4 is 5.73 Å². The lowest BCUT2D eigenvalue weighted by atomic mass is 10.1. The summed E-state index contributed by atoms with van der Waals surface area (Å²) in [6.07, 6.45) is 1.75. The second-order valence-electron chi connectivity index (χ2n) is 3.14. The minimum Gasteiger partial charge on any atom is -0.481 e. The highest BCUT2D eigenvalue weighted by Gasteiger charge is 2.10. The van der Waals surface area contributed by atoms with E-state index in [4.69, 9.17) is 10.8 Å². The smallest absolute Gasteiger partial charge is 0.305 e. The van der Waals surface area contributed by atoms with Gasteiger partial charge in [0.2, 0.25) is 0 Å². The van der Waals surface area contributed by atoms with Crippen LogP contribution in [-0.4, -0.2) is 17.1 Å². The van der Waals surface area contributed by atoms with E-state index in [1.807, 2.05) is 36.4 Å². The second-order valence-corrected chi connectivity index (χ2v) is 4.06. The Balaban J connectivity index is 2.71. The van der Waals surface area contributed by atoms with Crippen molar-refractivity contribution in [2.45, 2.75) is 12.5 Å². The predicted octanol–water partition coefficient (Wildman–Crippen LogP) is 2.22. The molecule has 1 aromatic carbocycles. The Morgan fingerprint density at radius 2 is 2.07 bits per heavy atom. The van der Waals surface area contributed by atoms with Crippen LogP contribution in [0.15, 0.2) is 34.8 Å². The third-order valence-corrected chi connectivity index (χ3v) is 2.67. The summed E-state index contributed by atoms with van der Waals surface area (Å²) in [5.41, 5.74) is 6.66. The molecule has 0 amide bonds. The molecule has 3 N–H and O–H groups in total. The molecule has 0 bridgehead atoms. The average molecular weight is 270 g/mol. The van der Waals surface area contributed by atoms with E-state index in [-0.39, 0.29) is 6.42 Å². The van der Waals surface area contributed by atoms with Gasteiger partial charge < -0.3 is 10.8 Å². The summed E-state index contributed by atoms with van der Waals surface area (Å²) in [4.78, 5) is 10.4. The second kappa shape index (κ2) is 5.68. The quantitative estimate of drug-likeness (QED) is 0.881. The molecule has 1 aromatic rings. The van der Waals surface area contributed by atoms with Gasteiger partial charge in [0.25, 0.3) is 0 Å². The Morgan fingerprint density at radius 3 is 2.60 bits per heavy atom. The number of carbonyl (C=O) groups is 1. The zero-order chi connectivity index (χ0) is 11.3. The van der Waals surface area contributed by atoms with Crippen molar-refractivity contribution in [3.8, 4) is 0 Å². The van der Waals surface area contributed by atoms with Gasteiger partial charge in [0.1, 0.15) is 0 Å². The number of hydrogen-bond acceptors (Lipinski definition) is 2. The van der Waals surface area contributed by atoms with Crippen LogP contribution in [0.3, 0.4) is 0 Å². The van der Waals surface area contributed by atoms with Crippen LogP contribution in [0, 0.1) is 0 Å². The van der Waals surface area contributed by atoms with E-state index in [1.54, 1.807) is 0 Å². The molecule has 1 atom stereocenters. The van der Waals surface area contributed by atoms with Crippen LogP contribution in [0.2, 0.25) is 0 Å². The van der Waals surface area contributed by atoms with Gasteiger partial charge >= 0.3 is 5.97 Å². The van der Waals surface area contributed by atoms with Crippen molar-refractivity contribution in [3.63, 3.8) is 0 Å². The Hall–Kier alpha value is -1.13. The molecule has 0 saturated carbocycles. The molecule has 80 valence electrons. The Morgan fingerprint density at radius 1 is 1.47 bits per heavy atom. The molecule has 1 unspecified atom stereocenters. The number of carboxylic acids is 1. The number of nitrogens with two attached hydrogens (primary N) is 1. The van der Waals surface area contributed by atoms with Crippen molar-refractivity contribution < 1.29 is 9.90 Å². The Bertz CT molecular complexity index is 362. The van der Waals surface area contributed by atoms with E-state index >= 15 is 0 Å². The summed E-state index contributed by atoms with van der Waals surface area (Å²) in [6.45, 7) is 0. The van der Waals surface area contributed by atoms with Crippen molar-refractivity contribution in [3.05, 3.63) is 40.4 Å². The van der Waals surface area contributed by atoms with Gasteiger partial charge in [-0.05, 0) is 11.6 Å². The molecule has 3 nitrogen and oxygen atoms in total. The molecule has 0 aliphatic rings. The third-order valence-electron chi connectivity index (χ3n) is 1.85. The number of hydrogen-bond donors (Lipinski definition) is 2. The van der Waals surface area contributed by atoms with Crippen LogP contribution in [-0.2, 0) is 4.79 Å². The molecule has 0 saturated heterocycles. The van der Waals surface area contributed by atoms with Crippen molar-refractivity contribution in [2.24, 2.45) is 5.73 Å². The van der Waals surface area contributed by atoms with Gasteiger partial charge in [-0.25, -0.2) is 0 Å². The average Bonchev–Trinajstić information content (AvgIpc) is 2.18. The first kappa shape index (κ1) is 11.9. The molecule has 4 heteroatoms. The fraction of sp³-hybridized carbons (Fsp3) is 0.182. The highest BCUT2D eigenvalue weighted by molar-refractivity contribution is 9.11. The SMILES string of the molecule is NC(CC(=O)O)/C(Br)=C/c1ccccc1. The first-order chi connectivity index (χ1) is 7.09. The minimum atomic E-state index is -0.902. The molecule has 0 fully saturated rings. The largest absolute Gasteiger partial charge is 0.481 e. The van der Waals surface area contributed by atoms with Crippen LogP contribution in [0.4, 0.5) is 0 Å². The maximum Gasteiger partial charge on any atom is 0.305 e. The molecular weight excluding hydrogens is 258 g/mol. The number of rotatable bonds is 4. The lowest BCUT2D eigenvalue weighted by Gasteiger charge is -2.07. The first-order valence-electron chi connectivity index (χ1n) is 4.49. The van der Waals surface area contributed by atoms with Gasteiger partial charge in [0.05, 0.1) is 6.42 Å². The lowest BCUT2D eigenvalue weighted by molar-refractivity contribution is -0.137. The molecule has 0 radical (unpaired) electrons. The third kappa shape index (κ3) is 4.27. The number of aliphatic carboxylic acids is 1. The standard InChI is InChI=1S/C11H12BrNO2/c12-9(10(13)7-11(14)15)6-8-4-2-1-3-5-8/h1-6,10H,7,13H2,(H,14,15)/b9-6-. The van der Waals surface area contributed by atoms with E-state index in [0.717, 1.165) is 5.56 Å². The van der Waals surface area contributed by atoms with Crippen molar-refractivity contribution in [2.75, 3.05) is 0 Å². The van der Waals surface area contributed by atoms with Crippen molar-refractivity contribution in [1.29, 1.82) is 0 Å². The fourth-order valence-corrected chi connectivity index (χ4v) is 1.53. The lowest BCUT2D eigenvalue weighted by Crippen LogP contribution is -2.23. The summed E-state index contributed by atoms with van der Waals surface area (Å²) in [6, 6.07) is 9.10. The van der Waals surface area contributed by atoms with E-state index in [0.29, 0.717) is 4.48 Å². The number of carboxylic acid groups (broad SMARTS) is 1. The summed E-state index contributed by atoms with van der Waals surface area (Å²) < 4.78 is 0.691. The monoisotopic (exact) mass is 269 g/mol. The number of benzene rings is 1. The molecule has 15 heavy (non-hydrogen) atoms. The van der Waals surface area contributed by atoms with Gasteiger partial charge in [0, 0.05) is 10.5 Å². The van der Waals surface area contributed by atoms with Crippen LogP contribution in [0.5, 0.6) is 0 Å². The molecule has 1 rings (SSSR count). The minimum absolute atomic E-state index is 0.0794. The molecular formula is C11H12BrNO2. The molecule has 0 aliphatic carbocycles. The van der Waals surface area contributed by atoms with Crippen LogP contribution >= 0.6 is 15.9 Å². The fourth-order valence-electron chi connectivity index (χ4n) is 1.10. The topological polar surface area (TPSA) is 63.3 Å². The summed E-state index contributed by atoms with van der Waals surface area (Å²) in [5.74, 6) is -0.902. The number of halogens is 1. The van der Waals surface area contributed by atoms with Gasteiger partial charge in [-0.1, -0.05) is 46.3 Å². The van der Waals surface area contributed by atoms with Gasteiger partial charge in [-0.15, -0.1) is 0 Å². The van der Waals surface area contributed by atoms with E-state index in [9.17, 15) is 4.79 Å². The van der Waals surface area contributed by atoms with Crippen LogP contribution in [0.25, 0.3) is 6.08 Å². The van der Waals surface area contributed by atoms with Gasteiger partial charge in [-0.3, -0.25) is 4.79 Å². The van der Waals surface area contributed by atoms with Crippen molar-refractivity contribution >= 4 is 28.0 Å². The van der Waals surface area contributed by atoms with E-state index < -0.39 is 12.0 Å². The van der Waals surface area contributed by atoms with E-state index in [1.165, 1.54) is 0 Å². The summed E-state index contributed by atoms with van der Waals surface area (Å²) in [5, 5.41) is 8.57. The highest BCUT2D eigenvalue weighted by Crippen LogP contribution is 2.16. The zero-order valence-corrected chi connectivity index (χ0v) is 9.65. The van der Waals surface area contributed by atoms with Crippen molar-refractivity contribution in [1.82, 2.24) is 0 Å². The maximum absolute atomic E-state index is 10.4. The molecule has 0 spiro atoms. The first-order valence-corrected chi connectivity index (χ1v) is 5.28. The summed E-state index contributed by atoms with van der Waals surface area (Å²) >= 11 is 3.28. The van der Waals surface area contributed by atoms with Crippen LogP contribution in [0.1, 0.15) is 12.0 Å². The normalized spacial score (nSPS) is 13.6. The summed E-state index contributed by atoms with van der Waals surface area (Å²) in [7, 11) is 0. The van der Waals surface area contributed by atoms with E-state index in [2.05, 4.69) is 15.9 Å². The Labute approximate surface area is 96.7 Å². The predicted molar refractivity (Wildman–Crippen MR) is 63.6 cm³/mol. The molecule has 0 aliphatic heterocycles.